The van der Waals surface area contributed by atoms with E-state index < -0.39 is 5.97 Å². The van der Waals surface area contributed by atoms with Crippen molar-refractivity contribution in [2.24, 2.45) is 0 Å². The fraction of sp³-hybridized carbons (Fsp3) is 0.286. The molecule has 0 atom stereocenters. The van der Waals surface area contributed by atoms with Crippen molar-refractivity contribution in [2.75, 3.05) is 0 Å². The number of carboxylic acid groups (broad SMARTS) is 1. The lowest BCUT2D eigenvalue weighted by Gasteiger charge is -2.11. The summed E-state index contributed by atoms with van der Waals surface area (Å²) in [6.07, 6.45) is 0. The van der Waals surface area contributed by atoms with Crippen molar-refractivity contribution < 1.29 is 18.8 Å². The Hall–Kier alpha value is -2.17. The standard InChI is InChI=1S/C14H14FNO3/c1-7(2)9-5-10(8(3)4-11(9)15)12-6-13(14(17)18)19-16-12/h4-7H,1-3H3,(H,17,18). The largest absolute Gasteiger partial charge is 0.475 e. The minimum atomic E-state index is -1.18. The maximum absolute atomic E-state index is 13.8. The van der Waals surface area contributed by atoms with Gasteiger partial charge in [-0.05, 0) is 36.1 Å². The monoisotopic (exact) mass is 263 g/mol. The highest BCUT2D eigenvalue weighted by Gasteiger charge is 2.16. The molecule has 0 radical (unpaired) electrons. The maximum atomic E-state index is 13.8. The molecule has 0 aliphatic rings. The van der Waals surface area contributed by atoms with Gasteiger partial charge < -0.3 is 9.63 Å². The van der Waals surface area contributed by atoms with Crippen LogP contribution in [0.15, 0.2) is 22.7 Å². The second-order valence-corrected chi connectivity index (χ2v) is 4.72. The number of rotatable bonds is 3. The van der Waals surface area contributed by atoms with E-state index in [4.69, 9.17) is 9.63 Å². The first-order valence-electron chi connectivity index (χ1n) is 5.90. The topological polar surface area (TPSA) is 63.3 Å². The molecule has 2 aromatic rings. The van der Waals surface area contributed by atoms with Crippen molar-refractivity contribution in [1.29, 1.82) is 0 Å². The van der Waals surface area contributed by atoms with Gasteiger partial charge in [-0.25, -0.2) is 9.18 Å². The Labute approximate surface area is 109 Å². The average molecular weight is 263 g/mol. The molecule has 1 aromatic carbocycles. The van der Waals surface area contributed by atoms with Crippen LogP contribution < -0.4 is 0 Å². The summed E-state index contributed by atoms with van der Waals surface area (Å²) < 4.78 is 18.5. The fourth-order valence-electron chi connectivity index (χ4n) is 1.91. The molecule has 100 valence electrons. The molecule has 4 nitrogen and oxygen atoms in total. The van der Waals surface area contributed by atoms with E-state index in [9.17, 15) is 9.18 Å². The van der Waals surface area contributed by atoms with Crippen LogP contribution in [0.5, 0.6) is 0 Å². The number of aryl methyl sites for hydroxylation is 1. The number of aromatic nitrogens is 1. The van der Waals surface area contributed by atoms with Crippen molar-refractivity contribution in [3.63, 3.8) is 0 Å². The van der Waals surface area contributed by atoms with Gasteiger partial charge in [0.05, 0.1) is 0 Å². The van der Waals surface area contributed by atoms with Gasteiger partial charge in [0, 0.05) is 11.6 Å². The average Bonchev–Trinajstić information content (AvgIpc) is 2.77. The molecule has 0 unspecified atom stereocenters. The zero-order valence-electron chi connectivity index (χ0n) is 10.9. The minimum absolute atomic E-state index is 0.0326. The lowest BCUT2D eigenvalue weighted by molar-refractivity contribution is 0.0652. The van der Waals surface area contributed by atoms with Crippen LogP contribution >= 0.6 is 0 Å². The first-order valence-corrected chi connectivity index (χ1v) is 5.90. The molecule has 1 N–H and O–H groups in total. The second-order valence-electron chi connectivity index (χ2n) is 4.72. The van der Waals surface area contributed by atoms with E-state index in [1.165, 1.54) is 12.1 Å². The van der Waals surface area contributed by atoms with Gasteiger partial charge in [-0.3, -0.25) is 0 Å². The van der Waals surface area contributed by atoms with Gasteiger partial charge in [-0.1, -0.05) is 19.0 Å². The second kappa shape index (κ2) is 4.84. The van der Waals surface area contributed by atoms with E-state index in [1.807, 2.05) is 13.8 Å². The number of hydrogen-bond acceptors (Lipinski definition) is 3. The molecule has 2 rings (SSSR count). The predicted octanol–water partition coefficient (Wildman–Crippen LogP) is 3.61. The predicted molar refractivity (Wildman–Crippen MR) is 67.7 cm³/mol. The summed E-state index contributed by atoms with van der Waals surface area (Å²) >= 11 is 0. The molecule has 0 aliphatic heterocycles. The Bertz CT molecular complexity index is 632. The lowest BCUT2D eigenvalue weighted by atomic mass is 9.95. The first kappa shape index (κ1) is 13.3. The van der Waals surface area contributed by atoms with Gasteiger partial charge in [-0.15, -0.1) is 0 Å². The van der Waals surface area contributed by atoms with Crippen LogP contribution in [0.4, 0.5) is 4.39 Å². The van der Waals surface area contributed by atoms with E-state index in [-0.39, 0.29) is 17.5 Å². The van der Waals surface area contributed by atoms with E-state index in [1.54, 1.807) is 13.0 Å². The Morgan fingerprint density at radius 3 is 2.58 bits per heavy atom. The molecule has 0 fully saturated rings. The summed E-state index contributed by atoms with van der Waals surface area (Å²) in [4.78, 5) is 10.8. The summed E-state index contributed by atoms with van der Waals surface area (Å²) in [5.41, 5.74) is 2.34. The normalized spacial score (nSPS) is 11.0. The minimum Gasteiger partial charge on any atom is -0.475 e. The van der Waals surface area contributed by atoms with Gasteiger partial charge in [-0.2, -0.15) is 0 Å². The molecular weight excluding hydrogens is 249 g/mol. The molecule has 19 heavy (non-hydrogen) atoms. The van der Waals surface area contributed by atoms with E-state index in [0.717, 1.165) is 0 Å². The molecule has 0 saturated carbocycles. The zero-order chi connectivity index (χ0) is 14.2. The van der Waals surface area contributed by atoms with Crippen LogP contribution in [-0.4, -0.2) is 16.2 Å². The lowest BCUT2D eigenvalue weighted by Crippen LogP contribution is -1.96. The van der Waals surface area contributed by atoms with Crippen LogP contribution in [0.25, 0.3) is 11.3 Å². The highest BCUT2D eigenvalue weighted by Crippen LogP contribution is 2.29. The van der Waals surface area contributed by atoms with Gasteiger partial charge in [0.2, 0.25) is 5.76 Å². The molecule has 0 amide bonds. The third kappa shape index (κ3) is 2.50. The highest BCUT2D eigenvalue weighted by atomic mass is 19.1. The van der Waals surface area contributed by atoms with Gasteiger partial charge in [0.15, 0.2) is 0 Å². The van der Waals surface area contributed by atoms with Crippen LogP contribution in [0.2, 0.25) is 0 Å². The summed E-state index contributed by atoms with van der Waals surface area (Å²) in [7, 11) is 0. The summed E-state index contributed by atoms with van der Waals surface area (Å²) in [5, 5.41) is 12.5. The van der Waals surface area contributed by atoms with E-state index in [0.29, 0.717) is 22.4 Å². The summed E-state index contributed by atoms with van der Waals surface area (Å²) in [5.74, 6) is -1.64. The molecule has 1 heterocycles. The number of carboxylic acids is 1. The molecule has 0 bridgehead atoms. The van der Waals surface area contributed by atoms with Crippen molar-refractivity contribution in [3.05, 3.63) is 40.9 Å². The number of halogens is 1. The molecule has 5 heteroatoms. The van der Waals surface area contributed by atoms with Gasteiger partial charge in [0.25, 0.3) is 0 Å². The smallest absolute Gasteiger partial charge is 0.374 e. The number of benzene rings is 1. The molecular formula is C14H14FNO3. The van der Waals surface area contributed by atoms with Gasteiger partial charge >= 0.3 is 5.97 Å². The van der Waals surface area contributed by atoms with Crippen LogP contribution in [-0.2, 0) is 0 Å². The van der Waals surface area contributed by atoms with Crippen molar-refractivity contribution in [1.82, 2.24) is 5.16 Å². The number of hydrogen-bond donors (Lipinski definition) is 1. The Balaban J connectivity index is 2.54. The van der Waals surface area contributed by atoms with Crippen molar-refractivity contribution in [2.45, 2.75) is 26.7 Å². The first-order chi connectivity index (χ1) is 8.90. The highest BCUT2D eigenvalue weighted by molar-refractivity contribution is 5.85. The Morgan fingerprint density at radius 1 is 1.37 bits per heavy atom. The van der Waals surface area contributed by atoms with Crippen molar-refractivity contribution in [3.8, 4) is 11.3 Å². The summed E-state index contributed by atoms with van der Waals surface area (Å²) in [6.45, 7) is 5.53. The Morgan fingerprint density at radius 2 is 2.05 bits per heavy atom. The maximum Gasteiger partial charge on any atom is 0.374 e. The van der Waals surface area contributed by atoms with Crippen molar-refractivity contribution >= 4 is 5.97 Å². The third-order valence-corrected chi connectivity index (χ3v) is 2.96. The molecule has 0 aliphatic carbocycles. The summed E-state index contributed by atoms with van der Waals surface area (Å²) in [6, 6.07) is 4.46. The SMILES string of the molecule is Cc1cc(F)c(C(C)C)cc1-c1cc(C(=O)O)on1. The number of aromatic carboxylic acids is 1. The van der Waals surface area contributed by atoms with Gasteiger partial charge in [0.1, 0.15) is 11.5 Å². The zero-order valence-corrected chi connectivity index (χ0v) is 10.9. The number of carbonyl (C=O) groups is 1. The Kier molecular flexibility index (Phi) is 3.38. The third-order valence-electron chi connectivity index (χ3n) is 2.96. The molecule has 1 aromatic heterocycles. The van der Waals surface area contributed by atoms with Crippen LogP contribution in [0, 0.1) is 12.7 Å². The fourth-order valence-corrected chi connectivity index (χ4v) is 1.91. The number of nitrogens with zero attached hydrogens (tertiary/aromatic N) is 1. The van der Waals surface area contributed by atoms with E-state index in [2.05, 4.69) is 5.16 Å². The van der Waals surface area contributed by atoms with Crippen LogP contribution in [0.1, 0.15) is 41.4 Å². The van der Waals surface area contributed by atoms with E-state index >= 15 is 0 Å². The molecule has 0 saturated heterocycles. The van der Waals surface area contributed by atoms with Crippen LogP contribution in [0.3, 0.4) is 0 Å². The molecule has 0 spiro atoms. The quantitative estimate of drug-likeness (QED) is 0.918.